The summed E-state index contributed by atoms with van der Waals surface area (Å²) in [6.45, 7) is 3.76. The number of aliphatic hydroxyl groups excluding tert-OH is 1. The molecule has 4 nitrogen and oxygen atoms in total. The molecule has 1 fully saturated rings. The zero-order valence-electron chi connectivity index (χ0n) is 10.9. The fourth-order valence-corrected chi connectivity index (χ4v) is 2.89. The van der Waals surface area contributed by atoms with Crippen molar-refractivity contribution in [2.45, 2.75) is 19.4 Å². The Morgan fingerprint density at radius 3 is 3.21 bits per heavy atom. The lowest BCUT2D eigenvalue weighted by atomic mass is 10.1. The van der Waals surface area contributed by atoms with Crippen LogP contribution in [-0.2, 0) is 4.74 Å². The van der Waals surface area contributed by atoms with Gasteiger partial charge in [-0.2, -0.15) is 0 Å². The van der Waals surface area contributed by atoms with Gasteiger partial charge >= 0.3 is 0 Å². The Morgan fingerprint density at radius 2 is 2.47 bits per heavy atom. The van der Waals surface area contributed by atoms with Gasteiger partial charge in [0.15, 0.2) is 0 Å². The molecule has 5 heteroatoms. The maximum atomic E-state index is 12.4. The molecule has 1 N–H and O–H groups in total. The molecule has 2 rings (SSSR count). The summed E-state index contributed by atoms with van der Waals surface area (Å²) < 4.78 is 5.41. The number of aliphatic hydroxyl groups is 1. The minimum atomic E-state index is -0.164. The van der Waals surface area contributed by atoms with Crippen LogP contribution in [0.5, 0.6) is 0 Å². The Hall–Kier alpha value is -1.35. The van der Waals surface area contributed by atoms with Crippen LogP contribution in [0.2, 0.25) is 0 Å². The van der Waals surface area contributed by atoms with Gasteiger partial charge in [0.25, 0.3) is 5.91 Å². The molecule has 1 aromatic heterocycles. The van der Waals surface area contributed by atoms with Crippen molar-refractivity contribution in [2.24, 2.45) is 0 Å². The Kier molecular flexibility index (Phi) is 4.97. The van der Waals surface area contributed by atoms with Crippen LogP contribution in [0.4, 0.5) is 0 Å². The van der Waals surface area contributed by atoms with E-state index < -0.39 is 0 Å². The number of amides is 1. The minimum Gasteiger partial charge on any atom is -0.384 e. The summed E-state index contributed by atoms with van der Waals surface area (Å²) in [4.78, 5) is 15.8. The van der Waals surface area contributed by atoms with E-state index in [9.17, 15) is 4.79 Å². The number of hydrogen-bond donors (Lipinski definition) is 1. The highest BCUT2D eigenvalue weighted by molar-refractivity contribution is 7.14. The molecule has 0 bridgehead atoms. The van der Waals surface area contributed by atoms with E-state index in [1.807, 2.05) is 11.0 Å². The lowest BCUT2D eigenvalue weighted by Crippen LogP contribution is -2.48. The van der Waals surface area contributed by atoms with Gasteiger partial charge in [0.1, 0.15) is 6.61 Å². The van der Waals surface area contributed by atoms with Gasteiger partial charge in [-0.15, -0.1) is 11.3 Å². The lowest BCUT2D eigenvalue weighted by molar-refractivity contribution is -0.00253. The van der Waals surface area contributed by atoms with Crippen LogP contribution in [0.25, 0.3) is 0 Å². The molecule has 102 valence electrons. The Labute approximate surface area is 117 Å². The van der Waals surface area contributed by atoms with Gasteiger partial charge < -0.3 is 14.7 Å². The van der Waals surface area contributed by atoms with Gasteiger partial charge in [0.05, 0.1) is 29.0 Å². The third-order valence-corrected chi connectivity index (χ3v) is 4.06. The summed E-state index contributed by atoms with van der Waals surface area (Å²) in [6.07, 6.45) is 0.897. The van der Waals surface area contributed by atoms with E-state index in [0.29, 0.717) is 24.6 Å². The summed E-state index contributed by atoms with van der Waals surface area (Å²) in [5.74, 6) is 5.46. The van der Waals surface area contributed by atoms with E-state index in [4.69, 9.17) is 9.84 Å². The number of hydrogen-bond acceptors (Lipinski definition) is 4. The molecule has 0 aromatic carbocycles. The number of carbonyl (C=O) groups is 1. The molecule has 0 aliphatic carbocycles. The van der Waals surface area contributed by atoms with Crippen LogP contribution in [0.1, 0.15) is 27.9 Å². The number of rotatable bonds is 2. The maximum absolute atomic E-state index is 12.4. The highest BCUT2D eigenvalue weighted by Gasteiger charge is 2.27. The van der Waals surface area contributed by atoms with Gasteiger partial charge in [0.2, 0.25) is 0 Å². The number of thiophene rings is 1. The van der Waals surface area contributed by atoms with Crippen molar-refractivity contribution in [3.8, 4) is 11.8 Å². The largest absolute Gasteiger partial charge is 0.384 e. The normalized spacial score (nSPS) is 18.8. The van der Waals surface area contributed by atoms with Gasteiger partial charge in [-0.05, 0) is 18.6 Å². The molecule has 0 saturated carbocycles. The first-order valence-electron chi connectivity index (χ1n) is 6.34. The Bertz CT molecular complexity index is 500. The predicted molar refractivity (Wildman–Crippen MR) is 74.2 cm³/mol. The van der Waals surface area contributed by atoms with Crippen molar-refractivity contribution in [2.75, 3.05) is 26.4 Å². The molecule has 0 radical (unpaired) electrons. The number of nitrogens with zero attached hydrogens (tertiary/aromatic N) is 1. The van der Waals surface area contributed by atoms with Crippen molar-refractivity contribution in [3.05, 3.63) is 21.9 Å². The Morgan fingerprint density at radius 1 is 1.63 bits per heavy atom. The van der Waals surface area contributed by atoms with E-state index in [2.05, 4.69) is 18.8 Å². The van der Waals surface area contributed by atoms with Crippen molar-refractivity contribution < 1.29 is 14.6 Å². The third-order valence-electron chi connectivity index (χ3n) is 3.07. The lowest BCUT2D eigenvalue weighted by Gasteiger charge is -2.34. The van der Waals surface area contributed by atoms with Crippen molar-refractivity contribution in [3.63, 3.8) is 0 Å². The molecule has 1 atom stereocenters. The second-order valence-electron chi connectivity index (χ2n) is 4.26. The monoisotopic (exact) mass is 279 g/mol. The SMILES string of the molecule is CCC1COCCN1C(=O)c1ccc(C#CCO)s1. The molecule has 19 heavy (non-hydrogen) atoms. The first-order chi connectivity index (χ1) is 9.26. The first-order valence-corrected chi connectivity index (χ1v) is 7.16. The van der Waals surface area contributed by atoms with Crippen molar-refractivity contribution in [1.29, 1.82) is 0 Å². The summed E-state index contributed by atoms with van der Waals surface area (Å²) >= 11 is 1.37. The van der Waals surface area contributed by atoms with E-state index >= 15 is 0 Å². The summed E-state index contributed by atoms with van der Waals surface area (Å²) in [5, 5.41) is 8.66. The van der Waals surface area contributed by atoms with Crippen LogP contribution in [-0.4, -0.2) is 48.3 Å². The standard InChI is InChI=1S/C14H17NO3S/c1-2-11-10-18-9-7-15(11)14(17)13-6-5-12(19-13)4-3-8-16/h5-6,11,16H,2,7-10H2,1H3. The van der Waals surface area contributed by atoms with E-state index in [-0.39, 0.29) is 18.6 Å². The second-order valence-corrected chi connectivity index (χ2v) is 5.34. The molecule has 0 spiro atoms. The predicted octanol–water partition coefficient (Wildman–Crippen LogP) is 1.34. The van der Waals surface area contributed by atoms with E-state index in [1.165, 1.54) is 11.3 Å². The molecular weight excluding hydrogens is 262 g/mol. The zero-order chi connectivity index (χ0) is 13.7. The number of carbonyl (C=O) groups excluding carboxylic acids is 1. The third kappa shape index (κ3) is 3.35. The smallest absolute Gasteiger partial charge is 0.264 e. The average Bonchev–Trinajstić information content (AvgIpc) is 2.93. The molecule has 1 unspecified atom stereocenters. The zero-order valence-corrected chi connectivity index (χ0v) is 11.7. The van der Waals surface area contributed by atoms with Gasteiger partial charge in [-0.25, -0.2) is 0 Å². The van der Waals surface area contributed by atoms with Crippen molar-refractivity contribution >= 4 is 17.2 Å². The van der Waals surface area contributed by atoms with Gasteiger partial charge in [-0.3, -0.25) is 4.79 Å². The quantitative estimate of drug-likeness (QED) is 0.831. The minimum absolute atomic E-state index is 0.0530. The molecule has 1 aliphatic rings. The van der Waals surface area contributed by atoms with Crippen molar-refractivity contribution in [1.82, 2.24) is 4.90 Å². The van der Waals surface area contributed by atoms with E-state index in [0.717, 1.165) is 11.3 Å². The van der Waals surface area contributed by atoms with Crippen LogP contribution in [0, 0.1) is 11.8 Å². The van der Waals surface area contributed by atoms with Crippen LogP contribution in [0.15, 0.2) is 12.1 Å². The number of morpholine rings is 1. The van der Waals surface area contributed by atoms with Gasteiger partial charge in [-0.1, -0.05) is 18.8 Å². The van der Waals surface area contributed by atoms with E-state index in [1.54, 1.807) is 6.07 Å². The summed E-state index contributed by atoms with van der Waals surface area (Å²) in [6, 6.07) is 3.79. The Balaban J connectivity index is 2.12. The highest BCUT2D eigenvalue weighted by atomic mass is 32.1. The maximum Gasteiger partial charge on any atom is 0.264 e. The molecule has 2 heterocycles. The summed E-state index contributed by atoms with van der Waals surface area (Å²) in [5.41, 5.74) is 0. The molecule has 1 aromatic rings. The second kappa shape index (κ2) is 6.71. The highest BCUT2D eigenvalue weighted by Crippen LogP contribution is 2.20. The fourth-order valence-electron chi connectivity index (χ4n) is 2.05. The topological polar surface area (TPSA) is 49.8 Å². The molecule has 1 saturated heterocycles. The van der Waals surface area contributed by atoms with Crippen LogP contribution >= 0.6 is 11.3 Å². The molecular formula is C14H17NO3S. The van der Waals surface area contributed by atoms with Gasteiger partial charge in [0, 0.05) is 6.54 Å². The summed E-state index contributed by atoms with van der Waals surface area (Å²) in [7, 11) is 0. The fraction of sp³-hybridized carbons (Fsp3) is 0.500. The first kappa shape index (κ1) is 14.1. The number of ether oxygens (including phenoxy) is 1. The average molecular weight is 279 g/mol. The molecule has 1 aliphatic heterocycles. The van der Waals surface area contributed by atoms with Crippen LogP contribution in [0.3, 0.4) is 0 Å². The molecule has 1 amide bonds. The van der Waals surface area contributed by atoms with Crippen LogP contribution < -0.4 is 0 Å².